The number of rotatable bonds is 4. The first-order valence-electron chi connectivity index (χ1n) is 8.71. The quantitative estimate of drug-likeness (QED) is 0.753. The summed E-state index contributed by atoms with van der Waals surface area (Å²) in [7, 11) is 0. The lowest BCUT2D eigenvalue weighted by atomic mass is 10.1. The largest absolute Gasteiger partial charge is 0.462 e. The van der Waals surface area contributed by atoms with Crippen molar-refractivity contribution in [1.29, 1.82) is 5.26 Å². The van der Waals surface area contributed by atoms with Crippen LogP contribution in [0.1, 0.15) is 38.2 Å². The first-order chi connectivity index (χ1) is 13.0. The van der Waals surface area contributed by atoms with E-state index in [1.165, 1.54) is 11.3 Å². The number of ether oxygens (including phenoxy) is 1. The van der Waals surface area contributed by atoms with E-state index in [9.17, 15) is 14.9 Å². The molecule has 1 amide bonds. The van der Waals surface area contributed by atoms with E-state index in [4.69, 9.17) is 4.74 Å². The number of carbonyl (C=O) groups excluding carboxylic acids is 2. The molecule has 1 fully saturated rings. The van der Waals surface area contributed by atoms with Crippen LogP contribution in [0.4, 0.5) is 5.82 Å². The molecule has 0 saturated carbocycles. The van der Waals surface area contributed by atoms with E-state index in [1.807, 2.05) is 27.3 Å². The number of anilines is 1. The molecule has 3 rings (SSSR count). The summed E-state index contributed by atoms with van der Waals surface area (Å²) in [5, 5.41) is 11.1. The second kappa shape index (κ2) is 8.18. The van der Waals surface area contributed by atoms with E-state index in [-0.39, 0.29) is 18.1 Å². The molecule has 0 bridgehead atoms. The number of esters is 1. The second-order valence-electron chi connectivity index (χ2n) is 6.08. The summed E-state index contributed by atoms with van der Waals surface area (Å²) in [5.74, 6) is 0.0426. The normalized spacial score (nSPS) is 14.0. The Bertz CT molecular complexity index is 881. The minimum absolute atomic E-state index is 0.0271. The zero-order valence-corrected chi connectivity index (χ0v) is 16.1. The average molecular weight is 384 g/mol. The van der Waals surface area contributed by atoms with Crippen molar-refractivity contribution in [1.82, 2.24) is 9.88 Å². The number of thiophene rings is 1. The monoisotopic (exact) mass is 384 g/mol. The molecule has 27 heavy (non-hydrogen) atoms. The topological polar surface area (TPSA) is 86.5 Å². The van der Waals surface area contributed by atoms with Gasteiger partial charge < -0.3 is 14.5 Å². The highest BCUT2D eigenvalue weighted by Gasteiger charge is 2.27. The Labute approximate surface area is 161 Å². The van der Waals surface area contributed by atoms with Crippen LogP contribution in [0.5, 0.6) is 0 Å². The fourth-order valence-corrected chi connectivity index (χ4v) is 3.67. The molecular weight excluding hydrogens is 364 g/mol. The van der Waals surface area contributed by atoms with E-state index in [0.717, 1.165) is 4.88 Å². The Morgan fingerprint density at radius 3 is 2.67 bits per heavy atom. The fraction of sp³-hybridized carbons (Fsp3) is 0.368. The van der Waals surface area contributed by atoms with Gasteiger partial charge in [-0.1, -0.05) is 6.07 Å². The van der Waals surface area contributed by atoms with Crippen LogP contribution < -0.4 is 4.90 Å². The van der Waals surface area contributed by atoms with Gasteiger partial charge in [0.2, 0.25) is 0 Å². The second-order valence-corrected chi connectivity index (χ2v) is 7.03. The summed E-state index contributed by atoms with van der Waals surface area (Å²) in [6, 6.07) is 7.29. The van der Waals surface area contributed by atoms with Crippen molar-refractivity contribution in [2.45, 2.75) is 13.8 Å². The Morgan fingerprint density at radius 1 is 1.33 bits per heavy atom. The van der Waals surface area contributed by atoms with E-state index in [2.05, 4.69) is 11.1 Å². The predicted octanol–water partition coefficient (Wildman–Crippen LogP) is 2.46. The summed E-state index contributed by atoms with van der Waals surface area (Å²) in [6.07, 6.45) is 0. The maximum absolute atomic E-state index is 12.5. The third kappa shape index (κ3) is 3.93. The number of piperazine rings is 1. The van der Waals surface area contributed by atoms with Crippen molar-refractivity contribution in [2.24, 2.45) is 0 Å². The highest BCUT2D eigenvalue weighted by atomic mass is 32.1. The van der Waals surface area contributed by atoms with Crippen LogP contribution in [-0.4, -0.2) is 54.5 Å². The lowest BCUT2D eigenvalue weighted by molar-refractivity contribution is 0.0525. The summed E-state index contributed by atoms with van der Waals surface area (Å²) < 4.78 is 5.13. The standard InChI is InChI=1S/C19H20N4O3S/c1-3-26-19(25)15-11-14(12-20)13(2)21-17(15)22-6-8-23(9-7-22)18(24)16-5-4-10-27-16/h4-5,10-11H,3,6-9H2,1-2H3. The van der Waals surface area contributed by atoms with Crippen molar-refractivity contribution >= 4 is 29.0 Å². The van der Waals surface area contributed by atoms with Crippen LogP contribution in [0.25, 0.3) is 0 Å². The number of amides is 1. The van der Waals surface area contributed by atoms with Gasteiger partial charge in [-0.25, -0.2) is 9.78 Å². The summed E-state index contributed by atoms with van der Waals surface area (Å²) >= 11 is 1.43. The number of nitriles is 1. The van der Waals surface area contributed by atoms with Gasteiger partial charge in [0.15, 0.2) is 0 Å². The van der Waals surface area contributed by atoms with Gasteiger partial charge in [-0.15, -0.1) is 11.3 Å². The lowest BCUT2D eigenvalue weighted by Gasteiger charge is -2.36. The van der Waals surface area contributed by atoms with Crippen LogP contribution in [0.15, 0.2) is 23.6 Å². The van der Waals surface area contributed by atoms with Crippen molar-refractivity contribution in [3.8, 4) is 6.07 Å². The van der Waals surface area contributed by atoms with Gasteiger partial charge in [-0.3, -0.25) is 4.79 Å². The molecule has 3 heterocycles. The number of nitrogens with zero attached hydrogens (tertiary/aromatic N) is 4. The molecule has 1 saturated heterocycles. The number of hydrogen-bond acceptors (Lipinski definition) is 7. The minimum atomic E-state index is -0.492. The van der Waals surface area contributed by atoms with Gasteiger partial charge in [0, 0.05) is 26.2 Å². The molecule has 0 spiro atoms. The lowest BCUT2D eigenvalue weighted by Crippen LogP contribution is -2.49. The third-order valence-electron chi connectivity index (χ3n) is 4.41. The molecule has 0 atom stereocenters. The van der Waals surface area contributed by atoms with Crippen molar-refractivity contribution < 1.29 is 14.3 Å². The van der Waals surface area contributed by atoms with E-state index in [0.29, 0.717) is 43.3 Å². The highest BCUT2D eigenvalue weighted by molar-refractivity contribution is 7.12. The summed E-state index contributed by atoms with van der Waals surface area (Å²) in [5.41, 5.74) is 1.21. The van der Waals surface area contributed by atoms with Crippen LogP contribution >= 0.6 is 11.3 Å². The molecule has 0 N–H and O–H groups in total. The van der Waals surface area contributed by atoms with E-state index >= 15 is 0 Å². The van der Waals surface area contributed by atoms with Gasteiger partial charge in [-0.05, 0) is 31.4 Å². The van der Waals surface area contributed by atoms with Crippen molar-refractivity contribution in [3.05, 3.63) is 45.3 Å². The Kier molecular flexibility index (Phi) is 5.72. The molecule has 0 aromatic carbocycles. The van der Waals surface area contributed by atoms with Gasteiger partial charge in [-0.2, -0.15) is 5.26 Å². The van der Waals surface area contributed by atoms with Gasteiger partial charge in [0.05, 0.1) is 22.7 Å². The smallest absolute Gasteiger partial charge is 0.341 e. The first kappa shape index (κ1) is 18.9. The maximum Gasteiger partial charge on any atom is 0.341 e. The molecule has 2 aromatic rings. The Balaban J connectivity index is 1.81. The number of aryl methyl sites for hydroxylation is 1. The molecule has 2 aromatic heterocycles. The SMILES string of the molecule is CCOC(=O)c1cc(C#N)c(C)nc1N1CCN(C(=O)c2cccs2)CC1. The third-order valence-corrected chi connectivity index (χ3v) is 5.27. The number of hydrogen-bond donors (Lipinski definition) is 0. The molecule has 0 unspecified atom stereocenters. The van der Waals surface area contributed by atoms with Crippen molar-refractivity contribution in [2.75, 3.05) is 37.7 Å². The Morgan fingerprint density at radius 2 is 2.07 bits per heavy atom. The average Bonchev–Trinajstić information content (AvgIpc) is 3.22. The summed E-state index contributed by atoms with van der Waals surface area (Å²) in [6.45, 7) is 5.92. The van der Waals surface area contributed by atoms with Crippen LogP contribution in [0, 0.1) is 18.3 Å². The molecule has 1 aliphatic rings. The van der Waals surface area contributed by atoms with Crippen molar-refractivity contribution in [3.63, 3.8) is 0 Å². The molecule has 140 valence electrons. The van der Waals surface area contributed by atoms with Gasteiger partial charge in [0.1, 0.15) is 17.5 Å². The van der Waals surface area contributed by atoms with Crippen LogP contribution in [-0.2, 0) is 4.74 Å². The molecule has 1 aliphatic heterocycles. The number of aromatic nitrogens is 1. The van der Waals surface area contributed by atoms with E-state index < -0.39 is 5.97 Å². The maximum atomic E-state index is 12.5. The molecule has 0 aliphatic carbocycles. The number of carbonyl (C=O) groups is 2. The molecule has 7 nitrogen and oxygen atoms in total. The molecule has 0 radical (unpaired) electrons. The first-order valence-corrected chi connectivity index (χ1v) is 9.59. The Hall–Kier alpha value is -2.92. The highest BCUT2D eigenvalue weighted by Crippen LogP contribution is 2.24. The number of pyridine rings is 1. The van der Waals surface area contributed by atoms with E-state index in [1.54, 1.807) is 19.9 Å². The minimum Gasteiger partial charge on any atom is -0.462 e. The fourth-order valence-electron chi connectivity index (χ4n) is 2.98. The molecule has 8 heteroatoms. The van der Waals surface area contributed by atoms with Crippen LogP contribution in [0.2, 0.25) is 0 Å². The van der Waals surface area contributed by atoms with Gasteiger partial charge in [0.25, 0.3) is 5.91 Å². The molecular formula is C19H20N4O3S. The zero-order chi connectivity index (χ0) is 19.4. The predicted molar refractivity (Wildman–Crippen MR) is 102 cm³/mol. The summed E-state index contributed by atoms with van der Waals surface area (Å²) in [4.78, 5) is 33.8. The zero-order valence-electron chi connectivity index (χ0n) is 15.3. The van der Waals surface area contributed by atoms with Crippen LogP contribution in [0.3, 0.4) is 0 Å². The van der Waals surface area contributed by atoms with Gasteiger partial charge >= 0.3 is 5.97 Å².